The molecule has 0 spiro atoms. The summed E-state index contributed by atoms with van der Waals surface area (Å²) in [6.07, 6.45) is 2.91. The van der Waals surface area contributed by atoms with Crippen LogP contribution in [0.5, 0.6) is 0 Å². The third kappa shape index (κ3) is 5.29. The first-order chi connectivity index (χ1) is 13.4. The summed E-state index contributed by atoms with van der Waals surface area (Å²) in [4.78, 5) is 16.7. The summed E-state index contributed by atoms with van der Waals surface area (Å²) in [6.45, 7) is 15.9. The van der Waals surface area contributed by atoms with Crippen LogP contribution in [0.15, 0.2) is 29.6 Å². The summed E-state index contributed by atoms with van der Waals surface area (Å²) in [5.41, 5.74) is 4.20. The lowest BCUT2D eigenvalue weighted by molar-refractivity contribution is 0.249. The Hall–Kier alpha value is -2.47. The first kappa shape index (κ1) is 21.8. The molecule has 1 saturated heterocycles. The van der Waals surface area contributed by atoms with E-state index in [9.17, 15) is 9.18 Å². The highest BCUT2D eigenvalue weighted by Gasteiger charge is 2.22. The van der Waals surface area contributed by atoms with Crippen molar-refractivity contribution in [2.24, 2.45) is 0 Å². The summed E-state index contributed by atoms with van der Waals surface area (Å²) >= 11 is 0. The number of nitrogens with zero attached hydrogens (tertiary/aromatic N) is 3. The summed E-state index contributed by atoms with van der Waals surface area (Å²) in [7, 11) is 0. The fourth-order valence-electron chi connectivity index (χ4n) is 3.33. The fraction of sp³-hybridized carbons (Fsp3) is 0.455. The van der Waals surface area contributed by atoms with Crippen molar-refractivity contribution in [2.75, 3.05) is 31.1 Å². The molecule has 2 heterocycles. The van der Waals surface area contributed by atoms with Crippen LogP contribution in [0.1, 0.15) is 42.7 Å². The van der Waals surface area contributed by atoms with Crippen molar-refractivity contribution in [2.45, 2.75) is 40.7 Å². The second kappa shape index (κ2) is 10.2. The van der Waals surface area contributed by atoms with Gasteiger partial charge in [0.15, 0.2) is 0 Å². The van der Waals surface area contributed by atoms with Gasteiger partial charge in [0.05, 0.1) is 5.69 Å². The van der Waals surface area contributed by atoms with Gasteiger partial charge in [0.2, 0.25) is 0 Å². The first-order valence-electron chi connectivity index (χ1n) is 9.85. The van der Waals surface area contributed by atoms with Gasteiger partial charge in [0.1, 0.15) is 11.5 Å². The predicted molar refractivity (Wildman–Crippen MR) is 114 cm³/mol. The van der Waals surface area contributed by atoms with Crippen molar-refractivity contribution in [3.8, 4) is 0 Å². The number of aromatic nitrogens is 2. The maximum atomic E-state index is 13.2. The van der Waals surface area contributed by atoms with E-state index < -0.39 is 0 Å². The molecule has 0 atom stereocenters. The van der Waals surface area contributed by atoms with Crippen molar-refractivity contribution in [1.82, 2.24) is 15.1 Å². The maximum absolute atomic E-state index is 13.2. The summed E-state index contributed by atoms with van der Waals surface area (Å²) in [6, 6.07) is 4.93. The molecule has 0 saturated carbocycles. The van der Waals surface area contributed by atoms with Crippen molar-refractivity contribution < 1.29 is 4.39 Å². The van der Waals surface area contributed by atoms with Crippen LogP contribution in [0, 0.1) is 19.7 Å². The Bertz CT molecular complexity index is 854. The predicted octanol–water partition coefficient (Wildman–Crippen LogP) is 3.91. The van der Waals surface area contributed by atoms with Crippen LogP contribution in [-0.2, 0) is 6.54 Å². The van der Waals surface area contributed by atoms with Crippen molar-refractivity contribution in [3.05, 3.63) is 63.3 Å². The van der Waals surface area contributed by atoms with E-state index in [1.165, 1.54) is 12.5 Å². The summed E-state index contributed by atoms with van der Waals surface area (Å²) < 4.78 is 13.2. The minimum atomic E-state index is -0.198. The van der Waals surface area contributed by atoms with Crippen LogP contribution in [0.2, 0.25) is 0 Å². The van der Waals surface area contributed by atoms with Gasteiger partial charge < -0.3 is 4.90 Å². The molecule has 6 heteroatoms. The Morgan fingerprint density at radius 2 is 1.86 bits per heavy atom. The molecule has 1 aromatic carbocycles. The molecule has 0 unspecified atom stereocenters. The maximum Gasteiger partial charge on any atom is 0.288 e. The third-order valence-electron chi connectivity index (χ3n) is 4.81. The van der Waals surface area contributed by atoms with Gasteiger partial charge >= 0.3 is 0 Å². The van der Waals surface area contributed by atoms with Crippen LogP contribution >= 0.6 is 0 Å². The van der Waals surface area contributed by atoms with Gasteiger partial charge in [-0.1, -0.05) is 32.9 Å². The highest BCUT2D eigenvalue weighted by Crippen LogP contribution is 2.20. The standard InChI is InChI=1S/C19H23FN4O.C3H8/c1-4-17-14(3)18(19(25)22-21-17)24-9-7-23(8-10-24)12-15-5-6-16(20)11-13(15)2;1-3-2/h4-6,11H,1,7-10,12H2,2-3H3,(H,22,25);3H2,1-2H3. The van der Waals surface area contributed by atoms with Crippen LogP contribution < -0.4 is 10.5 Å². The molecule has 0 aliphatic carbocycles. The van der Waals surface area contributed by atoms with Crippen LogP contribution in [0.25, 0.3) is 6.08 Å². The molecular formula is C22H31FN4O. The van der Waals surface area contributed by atoms with Gasteiger partial charge in [-0.2, -0.15) is 5.10 Å². The van der Waals surface area contributed by atoms with Gasteiger partial charge in [-0.05, 0) is 43.2 Å². The first-order valence-corrected chi connectivity index (χ1v) is 9.85. The Balaban J connectivity index is 0.000000878. The van der Waals surface area contributed by atoms with Crippen molar-refractivity contribution in [3.63, 3.8) is 0 Å². The van der Waals surface area contributed by atoms with E-state index in [-0.39, 0.29) is 11.4 Å². The zero-order valence-electron chi connectivity index (χ0n) is 17.4. The van der Waals surface area contributed by atoms with E-state index in [0.717, 1.165) is 49.4 Å². The number of nitrogens with one attached hydrogen (secondary N) is 1. The monoisotopic (exact) mass is 386 g/mol. The molecule has 2 aromatic rings. The van der Waals surface area contributed by atoms with Crippen molar-refractivity contribution in [1.29, 1.82) is 0 Å². The third-order valence-corrected chi connectivity index (χ3v) is 4.81. The second-order valence-electron chi connectivity index (χ2n) is 7.16. The van der Waals surface area contributed by atoms with Gasteiger partial charge in [-0.3, -0.25) is 9.69 Å². The molecule has 1 aliphatic heterocycles. The molecule has 1 aromatic heterocycles. The van der Waals surface area contributed by atoms with E-state index >= 15 is 0 Å². The van der Waals surface area contributed by atoms with Gasteiger partial charge in [0.25, 0.3) is 5.56 Å². The Labute approximate surface area is 166 Å². The lowest BCUT2D eigenvalue weighted by atomic mass is 10.1. The lowest BCUT2D eigenvalue weighted by Crippen LogP contribution is -2.48. The van der Waals surface area contributed by atoms with E-state index in [1.807, 2.05) is 19.9 Å². The highest BCUT2D eigenvalue weighted by atomic mass is 19.1. The number of halogens is 1. The molecular weight excluding hydrogens is 355 g/mol. The van der Waals surface area contributed by atoms with E-state index in [1.54, 1.807) is 12.1 Å². The molecule has 28 heavy (non-hydrogen) atoms. The zero-order chi connectivity index (χ0) is 20.7. The van der Waals surface area contributed by atoms with Gasteiger partial charge in [0, 0.05) is 38.3 Å². The van der Waals surface area contributed by atoms with Crippen LogP contribution in [-0.4, -0.2) is 41.3 Å². The molecule has 152 valence electrons. The Kier molecular flexibility index (Phi) is 7.93. The van der Waals surface area contributed by atoms with Crippen LogP contribution in [0.3, 0.4) is 0 Å². The number of H-pyrrole nitrogens is 1. The largest absolute Gasteiger partial charge is 0.364 e. The van der Waals surface area contributed by atoms with Gasteiger partial charge in [-0.25, -0.2) is 9.49 Å². The topological polar surface area (TPSA) is 52.2 Å². The average Bonchev–Trinajstić information content (AvgIpc) is 2.66. The molecule has 5 nitrogen and oxygen atoms in total. The minimum Gasteiger partial charge on any atom is -0.364 e. The van der Waals surface area contributed by atoms with E-state index in [4.69, 9.17) is 0 Å². The molecule has 0 radical (unpaired) electrons. The highest BCUT2D eigenvalue weighted by molar-refractivity contribution is 5.60. The number of aryl methyl sites for hydroxylation is 1. The Morgan fingerprint density at radius 3 is 2.43 bits per heavy atom. The average molecular weight is 387 g/mol. The quantitative estimate of drug-likeness (QED) is 0.866. The zero-order valence-corrected chi connectivity index (χ0v) is 17.4. The fourth-order valence-corrected chi connectivity index (χ4v) is 3.33. The SMILES string of the molecule is C=Cc1n[nH]c(=O)c(N2CCN(Cc3ccc(F)cc3C)CC2)c1C.CCC. The molecule has 3 rings (SSSR count). The number of aromatic amines is 1. The van der Waals surface area contributed by atoms with E-state index in [2.05, 4.69) is 40.4 Å². The Morgan fingerprint density at radius 1 is 1.21 bits per heavy atom. The second-order valence-corrected chi connectivity index (χ2v) is 7.16. The lowest BCUT2D eigenvalue weighted by Gasteiger charge is -2.36. The molecule has 1 N–H and O–H groups in total. The number of anilines is 1. The summed E-state index contributed by atoms with van der Waals surface area (Å²) in [5.74, 6) is -0.198. The molecule has 0 amide bonds. The van der Waals surface area contributed by atoms with E-state index in [0.29, 0.717) is 11.4 Å². The number of hydrogen-bond donors (Lipinski definition) is 1. The van der Waals surface area contributed by atoms with Gasteiger partial charge in [-0.15, -0.1) is 0 Å². The number of hydrogen-bond acceptors (Lipinski definition) is 4. The number of piperazine rings is 1. The molecule has 1 fully saturated rings. The summed E-state index contributed by atoms with van der Waals surface area (Å²) in [5, 5.41) is 6.57. The molecule has 0 bridgehead atoms. The smallest absolute Gasteiger partial charge is 0.288 e. The molecule has 1 aliphatic rings. The number of benzene rings is 1. The van der Waals surface area contributed by atoms with Crippen LogP contribution in [0.4, 0.5) is 10.1 Å². The van der Waals surface area contributed by atoms with Crippen molar-refractivity contribution >= 4 is 11.8 Å². The normalized spacial score (nSPS) is 14.4. The minimum absolute atomic E-state index is 0.161. The number of rotatable bonds is 4.